The Balaban J connectivity index is 1.41. The number of phenolic OH excluding ortho intramolecular Hbond substituents is 1. The number of aromatic nitrogens is 1. The second-order valence-corrected chi connectivity index (χ2v) is 6.81. The smallest absolute Gasteiger partial charge is 0.268 e. The Kier molecular flexibility index (Phi) is 5.39. The van der Waals surface area contributed by atoms with E-state index >= 15 is 0 Å². The normalized spacial score (nSPS) is 16.1. The second-order valence-electron chi connectivity index (χ2n) is 6.81. The van der Waals surface area contributed by atoms with Gasteiger partial charge in [0, 0.05) is 35.6 Å². The van der Waals surface area contributed by atoms with E-state index in [9.17, 15) is 15.2 Å². The van der Waals surface area contributed by atoms with E-state index in [1.165, 1.54) is 0 Å². The number of nitrogens with zero attached hydrogens (tertiary/aromatic N) is 3. The van der Waals surface area contributed by atoms with E-state index in [-0.39, 0.29) is 11.7 Å². The highest BCUT2D eigenvalue weighted by atomic mass is 16.6. The molecule has 1 aliphatic heterocycles. The zero-order valence-corrected chi connectivity index (χ0v) is 15.9. The van der Waals surface area contributed by atoms with Crippen LogP contribution in [-0.4, -0.2) is 27.8 Å². The predicted molar refractivity (Wildman–Crippen MR) is 111 cm³/mol. The lowest BCUT2D eigenvalue weighted by molar-refractivity contribution is -0.125. The number of rotatable bonds is 5. The molecular weight excluding hydrogens is 380 g/mol. The molecule has 2 unspecified atom stereocenters. The number of para-hydroxylation sites is 1. The Hall–Kier alpha value is -4.18. The average molecular weight is 398 g/mol. The maximum atomic E-state index is 12.5. The molecule has 2 aromatic carbocycles. The zero-order valence-electron chi connectivity index (χ0n) is 15.9. The summed E-state index contributed by atoms with van der Waals surface area (Å²) >= 11 is 0. The largest absolute Gasteiger partial charge is 0.508 e. The lowest BCUT2D eigenvalue weighted by atomic mass is 9.92. The van der Waals surface area contributed by atoms with Gasteiger partial charge < -0.3 is 15.3 Å². The first-order valence-corrected chi connectivity index (χ1v) is 9.37. The van der Waals surface area contributed by atoms with E-state index < -0.39 is 12.0 Å². The minimum atomic E-state index is -0.715. The van der Waals surface area contributed by atoms with Crippen molar-refractivity contribution in [3.8, 4) is 11.8 Å². The van der Waals surface area contributed by atoms with Gasteiger partial charge >= 0.3 is 0 Å². The van der Waals surface area contributed by atoms with Gasteiger partial charge in [-0.3, -0.25) is 9.78 Å². The van der Waals surface area contributed by atoms with Gasteiger partial charge in [-0.1, -0.05) is 35.5 Å². The number of amides is 1. The van der Waals surface area contributed by atoms with Crippen molar-refractivity contribution >= 4 is 17.3 Å². The Labute approximate surface area is 173 Å². The summed E-state index contributed by atoms with van der Waals surface area (Å²) in [5, 5.41) is 26.4. The Bertz CT molecular complexity index is 1120. The first kappa shape index (κ1) is 19.2. The molecule has 30 heavy (non-hydrogen) atoms. The highest BCUT2D eigenvalue weighted by molar-refractivity contribution is 6.05. The maximum absolute atomic E-state index is 12.5. The Morgan fingerprint density at radius 3 is 2.67 bits per heavy atom. The van der Waals surface area contributed by atoms with Crippen molar-refractivity contribution < 1.29 is 14.7 Å². The van der Waals surface area contributed by atoms with Crippen LogP contribution in [0.4, 0.5) is 5.69 Å². The van der Waals surface area contributed by atoms with Gasteiger partial charge in [-0.2, -0.15) is 5.26 Å². The molecule has 0 saturated heterocycles. The van der Waals surface area contributed by atoms with Crippen LogP contribution in [-0.2, 0) is 9.63 Å². The van der Waals surface area contributed by atoms with Crippen molar-refractivity contribution in [2.24, 2.45) is 5.16 Å². The van der Waals surface area contributed by atoms with Crippen molar-refractivity contribution in [1.29, 1.82) is 5.26 Å². The third-order valence-corrected chi connectivity index (χ3v) is 4.84. The van der Waals surface area contributed by atoms with E-state index in [0.29, 0.717) is 23.4 Å². The van der Waals surface area contributed by atoms with Crippen LogP contribution in [0.3, 0.4) is 0 Å². The number of benzene rings is 2. The molecule has 1 amide bonds. The van der Waals surface area contributed by atoms with Gasteiger partial charge in [-0.15, -0.1) is 0 Å². The molecule has 2 atom stereocenters. The molecule has 0 saturated carbocycles. The molecule has 2 N–H and O–H groups in total. The van der Waals surface area contributed by atoms with Gasteiger partial charge in [0.2, 0.25) is 6.10 Å². The first-order chi connectivity index (χ1) is 14.7. The molecule has 3 aromatic rings. The number of nitriles is 1. The van der Waals surface area contributed by atoms with Gasteiger partial charge in [-0.05, 0) is 35.9 Å². The Morgan fingerprint density at radius 2 is 1.97 bits per heavy atom. The number of pyridine rings is 1. The van der Waals surface area contributed by atoms with Crippen LogP contribution in [0.2, 0.25) is 0 Å². The van der Waals surface area contributed by atoms with E-state index in [1.807, 2.05) is 6.07 Å². The van der Waals surface area contributed by atoms with Crippen molar-refractivity contribution in [2.45, 2.75) is 18.4 Å². The molecule has 0 bridgehead atoms. The van der Waals surface area contributed by atoms with Crippen LogP contribution in [0, 0.1) is 11.3 Å². The molecule has 2 heterocycles. The number of hydrogen-bond acceptors (Lipinski definition) is 6. The van der Waals surface area contributed by atoms with Crippen LogP contribution in [0.5, 0.6) is 5.75 Å². The molecule has 0 spiro atoms. The first-order valence-electron chi connectivity index (χ1n) is 9.37. The summed E-state index contributed by atoms with van der Waals surface area (Å²) in [7, 11) is 0. The van der Waals surface area contributed by atoms with Crippen molar-refractivity contribution in [2.75, 3.05) is 5.32 Å². The molecule has 7 nitrogen and oxygen atoms in total. The van der Waals surface area contributed by atoms with Crippen LogP contribution in [0.1, 0.15) is 29.0 Å². The minimum absolute atomic E-state index is 0.0734. The Morgan fingerprint density at radius 1 is 1.17 bits per heavy atom. The number of carbonyl (C=O) groups excluding carboxylic acids is 1. The molecule has 148 valence electrons. The third-order valence-electron chi connectivity index (χ3n) is 4.84. The molecule has 7 heteroatoms. The third kappa shape index (κ3) is 3.98. The molecule has 0 fully saturated rings. The fourth-order valence-corrected chi connectivity index (χ4v) is 3.26. The number of anilines is 1. The van der Waals surface area contributed by atoms with E-state index in [4.69, 9.17) is 4.84 Å². The fourth-order valence-electron chi connectivity index (χ4n) is 3.26. The maximum Gasteiger partial charge on any atom is 0.268 e. The van der Waals surface area contributed by atoms with Crippen molar-refractivity contribution in [3.63, 3.8) is 0 Å². The number of aromatic hydroxyl groups is 1. The van der Waals surface area contributed by atoms with Crippen LogP contribution in [0.25, 0.3) is 0 Å². The lowest BCUT2D eigenvalue weighted by Gasteiger charge is -2.13. The predicted octanol–water partition coefficient (Wildman–Crippen LogP) is 3.57. The fraction of sp³-hybridized carbons (Fsp3) is 0.130. The van der Waals surface area contributed by atoms with Crippen LogP contribution in [0.15, 0.2) is 78.2 Å². The number of nitrogens with one attached hydrogen (secondary N) is 1. The SMILES string of the molecule is N#CC(c1ccc(NC(=O)C2CC(c3cccnc3)=NO2)cc1)c1ccccc1O. The summed E-state index contributed by atoms with van der Waals surface area (Å²) in [4.78, 5) is 21.9. The van der Waals surface area contributed by atoms with Crippen LogP contribution < -0.4 is 5.32 Å². The van der Waals surface area contributed by atoms with Gasteiger partial charge in [0.15, 0.2) is 0 Å². The highest BCUT2D eigenvalue weighted by Gasteiger charge is 2.29. The quantitative estimate of drug-likeness (QED) is 0.683. The minimum Gasteiger partial charge on any atom is -0.508 e. The van der Waals surface area contributed by atoms with Gasteiger partial charge in [0.25, 0.3) is 5.91 Å². The number of hydrogen-bond donors (Lipinski definition) is 2. The molecular formula is C23H18N4O3. The topological polar surface area (TPSA) is 108 Å². The molecule has 1 aliphatic rings. The summed E-state index contributed by atoms with van der Waals surface area (Å²) < 4.78 is 0. The lowest BCUT2D eigenvalue weighted by Crippen LogP contribution is -2.28. The number of oxime groups is 1. The summed E-state index contributed by atoms with van der Waals surface area (Å²) in [6, 6.07) is 19.6. The van der Waals surface area contributed by atoms with Crippen molar-refractivity contribution in [1.82, 2.24) is 4.98 Å². The summed E-state index contributed by atoms with van der Waals surface area (Å²) in [5.74, 6) is -0.836. The molecule has 4 rings (SSSR count). The second kappa shape index (κ2) is 8.45. The highest BCUT2D eigenvalue weighted by Crippen LogP contribution is 2.31. The summed E-state index contributed by atoms with van der Waals surface area (Å²) in [5.41, 5.74) is 3.34. The number of carbonyl (C=O) groups is 1. The van der Waals surface area contributed by atoms with Gasteiger partial charge in [0.05, 0.1) is 17.7 Å². The van der Waals surface area contributed by atoms with Crippen LogP contribution >= 0.6 is 0 Å². The summed E-state index contributed by atoms with van der Waals surface area (Å²) in [6.45, 7) is 0. The molecule has 0 radical (unpaired) electrons. The van der Waals surface area contributed by atoms with Gasteiger partial charge in [0.1, 0.15) is 5.75 Å². The standard InChI is InChI=1S/C23H18N4O3/c24-13-19(18-5-1-2-6-21(18)28)15-7-9-17(10-8-15)26-23(29)22-12-20(27-30-22)16-4-3-11-25-14-16/h1-11,14,19,22,28H,12H2,(H,26,29). The molecule has 1 aromatic heterocycles. The molecule has 0 aliphatic carbocycles. The van der Waals surface area contributed by atoms with Gasteiger partial charge in [-0.25, -0.2) is 0 Å². The van der Waals surface area contributed by atoms with E-state index in [2.05, 4.69) is 21.5 Å². The number of phenols is 1. The van der Waals surface area contributed by atoms with E-state index in [1.54, 1.807) is 67.0 Å². The monoisotopic (exact) mass is 398 g/mol. The zero-order chi connectivity index (χ0) is 20.9. The van der Waals surface area contributed by atoms with E-state index in [0.717, 1.165) is 11.1 Å². The average Bonchev–Trinajstić information content (AvgIpc) is 3.28. The summed E-state index contributed by atoms with van der Waals surface area (Å²) in [6.07, 6.45) is 2.99. The van der Waals surface area contributed by atoms with Crippen molar-refractivity contribution in [3.05, 3.63) is 89.7 Å².